The fourth-order valence-corrected chi connectivity index (χ4v) is 3.12. The van der Waals surface area contributed by atoms with Gasteiger partial charge in [-0.15, -0.1) is 0 Å². The van der Waals surface area contributed by atoms with Gasteiger partial charge in [0.1, 0.15) is 0 Å². The highest BCUT2D eigenvalue weighted by molar-refractivity contribution is 5.86. The SMILES string of the molecule is CC(=O)N1CCC[C@@](O)(C(=O)NCCC2=CCCCC2)C1. The Balaban J connectivity index is 1.81. The van der Waals surface area contributed by atoms with E-state index in [1.54, 1.807) is 4.90 Å². The number of carbonyl (C=O) groups excluding carboxylic acids is 2. The molecule has 0 aromatic rings. The summed E-state index contributed by atoms with van der Waals surface area (Å²) in [6, 6.07) is 0. The van der Waals surface area contributed by atoms with Crippen molar-refractivity contribution in [1.82, 2.24) is 10.2 Å². The van der Waals surface area contributed by atoms with Crippen molar-refractivity contribution < 1.29 is 14.7 Å². The third-order valence-corrected chi connectivity index (χ3v) is 4.46. The largest absolute Gasteiger partial charge is 0.378 e. The van der Waals surface area contributed by atoms with Gasteiger partial charge in [0, 0.05) is 20.0 Å². The molecule has 5 heteroatoms. The first-order chi connectivity index (χ1) is 10.0. The highest BCUT2D eigenvalue weighted by Crippen LogP contribution is 2.22. The second-order valence-electron chi connectivity index (χ2n) is 6.19. The molecule has 1 aliphatic carbocycles. The van der Waals surface area contributed by atoms with E-state index in [2.05, 4.69) is 11.4 Å². The third-order valence-electron chi connectivity index (χ3n) is 4.46. The summed E-state index contributed by atoms with van der Waals surface area (Å²) in [6.07, 6.45) is 8.97. The monoisotopic (exact) mass is 294 g/mol. The Kier molecular flexibility index (Phi) is 5.39. The van der Waals surface area contributed by atoms with E-state index < -0.39 is 5.60 Å². The summed E-state index contributed by atoms with van der Waals surface area (Å²) in [5, 5.41) is 13.3. The van der Waals surface area contributed by atoms with Crippen molar-refractivity contribution >= 4 is 11.8 Å². The second kappa shape index (κ2) is 7.07. The number of piperidine rings is 1. The van der Waals surface area contributed by atoms with Gasteiger partial charge in [-0.2, -0.15) is 0 Å². The molecule has 0 spiro atoms. The van der Waals surface area contributed by atoms with Gasteiger partial charge in [0.15, 0.2) is 5.60 Å². The van der Waals surface area contributed by atoms with Crippen LogP contribution in [0, 0.1) is 0 Å². The zero-order chi connectivity index (χ0) is 15.3. The lowest BCUT2D eigenvalue weighted by Gasteiger charge is -2.37. The number of nitrogens with zero attached hydrogens (tertiary/aromatic N) is 1. The molecule has 0 aromatic heterocycles. The van der Waals surface area contributed by atoms with E-state index in [0.29, 0.717) is 25.9 Å². The molecule has 5 nitrogen and oxygen atoms in total. The van der Waals surface area contributed by atoms with Crippen LogP contribution in [0.4, 0.5) is 0 Å². The predicted molar refractivity (Wildman–Crippen MR) is 80.6 cm³/mol. The van der Waals surface area contributed by atoms with E-state index in [9.17, 15) is 14.7 Å². The van der Waals surface area contributed by atoms with Crippen molar-refractivity contribution in [2.24, 2.45) is 0 Å². The van der Waals surface area contributed by atoms with Gasteiger partial charge in [0.25, 0.3) is 5.91 Å². The van der Waals surface area contributed by atoms with Crippen molar-refractivity contribution in [1.29, 1.82) is 0 Å². The van der Waals surface area contributed by atoms with Crippen LogP contribution in [0.5, 0.6) is 0 Å². The van der Waals surface area contributed by atoms with Crippen molar-refractivity contribution in [2.75, 3.05) is 19.6 Å². The molecule has 1 saturated heterocycles. The summed E-state index contributed by atoms with van der Waals surface area (Å²) in [5.74, 6) is -0.432. The van der Waals surface area contributed by atoms with Crippen molar-refractivity contribution in [3.05, 3.63) is 11.6 Å². The van der Waals surface area contributed by atoms with Gasteiger partial charge < -0.3 is 15.3 Å². The van der Waals surface area contributed by atoms with Crippen molar-refractivity contribution in [3.63, 3.8) is 0 Å². The van der Waals surface area contributed by atoms with Crippen LogP contribution >= 0.6 is 0 Å². The number of carbonyl (C=O) groups is 2. The van der Waals surface area contributed by atoms with E-state index in [-0.39, 0.29) is 18.4 Å². The summed E-state index contributed by atoms with van der Waals surface area (Å²) < 4.78 is 0. The normalized spacial score (nSPS) is 26.2. The van der Waals surface area contributed by atoms with Crippen LogP contribution < -0.4 is 5.32 Å². The Morgan fingerprint density at radius 2 is 2.19 bits per heavy atom. The third kappa shape index (κ3) is 4.30. The first-order valence-corrected chi connectivity index (χ1v) is 7.95. The van der Waals surface area contributed by atoms with Gasteiger partial charge in [0.05, 0.1) is 6.54 Å². The smallest absolute Gasteiger partial charge is 0.253 e. The molecule has 0 radical (unpaired) electrons. The van der Waals surface area contributed by atoms with Gasteiger partial charge in [-0.1, -0.05) is 11.6 Å². The highest BCUT2D eigenvalue weighted by Gasteiger charge is 2.40. The number of allylic oxidation sites excluding steroid dienone is 1. The van der Waals surface area contributed by atoms with Crippen molar-refractivity contribution in [2.45, 2.75) is 57.5 Å². The fourth-order valence-electron chi connectivity index (χ4n) is 3.12. The molecule has 2 aliphatic rings. The molecule has 2 rings (SSSR count). The first-order valence-electron chi connectivity index (χ1n) is 7.95. The maximum absolute atomic E-state index is 12.2. The molecular weight excluding hydrogens is 268 g/mol. The van der Waals surface area contributed by atoms with E-state index >= 15 is 0 Å². The molecule has 2 amide bonds. The molecule has 0 unspecified atom stereocenters. The summed E-state index contributed by atoms with van der Waals surface area (Å²) in [5.41, 5.74) is -0.0206. The summed E-state index contributed by atoms with van der Waals surface area (Å²) >= 11 is 0. The molecular formula is C16H26N2O3. The number of amides is 2. The zero-order valence-electron chi connectivity index (χ0n) is 12.9. The average Bonchev–Trinajstić information content (AvgIpc) is 2.48. The Morgan fingerprint density at radius 1 is 1.38 bits per heavy atom. The molecule has 0 aromatic carbocycles. The van der Waals surface area contributed by atoms with Crippen LogP contribution in [0.25, 0.3) is 0 Å². The molecule has 21 heavy (non-hydrogen) atoms. The lowest BCUT2D eigenvalue weighted by molar-refractivity contribution is -0.150. The van der Waals surface area contributed by atoms with Crippen LogP contribution in [0.15, 0.2) is 11.6 Å². The summed E-state index contributed by atoms with van der Waals surface area (Å²) in [4.78, 5) is 25.2. The number of likely N-dealkylation sites (tertiary alicyclic amines) is 1. The first kappa shape index (κ1) is 16.0. The topological polar surface area (TPSA) is 69.6 Å². The molecule has 2 N–H and O–H groups in total. The van der Waals surface area contributed by atoms with E-state index in [1.807, 2.05) is 0 Å². The van der Waals surface area contributed by atoms with E-state index in [0.717, 1.165) is 19.3 Å². The number of aliphatic hydroxyl groups is 1. The Labute approximate surface area is 126 Å². The number of hydrogen-bond donors (Lipinski definition) is 2. The highest BCUT2D eigenvalue weighted by atomic mass is 16.3. The van der Waals surface area contributed by atoms with Gasteiger partial charge in [-0.05, 0) is 44.9 Å². The molecule has 1 heterocycles. The van der Waals surface area contributed by atoms with Crippen LogP contribution in [-0.4, -0.2) is 47.1 Å². The lowest BCUT2D eigenvalue weighted by atomic mass is 9.91. The van der Waals surface area contributed by atoms with E-state index in [4.69, 9.17) is 0 Å². The number of nitrogens with one attached hydrogen (secondary N) is 1. The quantitative estimate of drug-likeness (QED) is 0.769. The van der Waals surface area contributed by atoms with Crippen LogP contribution in [0.2, 0.25) is 0 Å². The molecule has 1 fully saturated rings. The standard InChI is InChI=1S/C16H26N2O3/c1-13(19)18-11-5-9-16(21,12-18)15(20)17-10-8-14-6-3-2-4-7-14/h6,21H,2-5,7-12H2,1H3,(H,17,20)/t16-/m0/s1. The zero-order valence-corrected chi connectivity index (χ0v) is 12.9. The van der Waals surface area contributed by atoms with Crippen LogP contribution in [0.3, 0.4) is 0 Å². The lowest BCUT2D eigenvalue weighted by Crippen LogP contribution is -2.58. The maximum atomic E-state index is 12.2. The summed E-state index contributed by atoms with van der Waals surface area (Å²) in [7, 11) is 0. The summed E-state index contributed by atoms with van der Waals surface area (Å²) in [6.45, 7) is 2.76. The Bertz CT molecular complexity index is 433. The van der Waals surface area contributed by atoms with Crippen LogP contribution in [0.1, 0.15) is 51.9 Å². The maximum Gasteiger partial charge on any atom is 0.253 e. The van der Waals surface area contributed by atoms with Gasteiger partial charge >= 0.3 is 0 Å². The number of rotatable bonds is 4. The molecule has 1 atom stereocenters. The van der Waals surface area contributed by atoms with Gasteiger partial charge in [-0.25, -0.2) is 0 Å². The van der Waals surface area contributed by atoms with Gasteiger partial charge in [-0.3, -0.25) is 9.59 Å². The Morgan fingerprint density at radius 3 is 2.86 bits per heavy atom. The second-order valence-corrected chi connectivity index (χ2v) is 6.19. The average molecular weight is 294 g/mol. The number of hydrogen-bond acceptors (Lipinski definition) is 3. The molecule has 118 valence electrons. The minimum absolute atomic E-state index is 0.0895. The molecule has 0 saturated carbocycles. The van der Waals surface area contributed by atoms with E-state index in [1.165, 1.54) is 25.3 Å². The van der Waals surface area contributed by atoms with Gasteiger partial charge in [0.2, 0.25) is 5.91 Å². The fraction of sp³-hybridized carbons (Fsp3) is 0.750. The predicted octanol–water partition coefficient (Wildman–Crippen LogP) is 1.37. The molecule has 0 bridgehead atoms. The van der Waals surface area contributed by atoms with Crippen LogP contribution in [-0.2, 0) is 9.59 Å². The number of β-amino-alcohol motifs (C(OH)–C–C–N with tert-alkyl or cyclic N) is 1. The molecule has 1 aliphatic heterocycles. The minimum Gasteiger partial charge on any atom is -0.378 e. The minimum atomic E-state index is -1.43. The van der Waals surface area contributed by atoms with Crippen molar-refractivity contribution in [3.8, 4) is 0 Å². The Hall–Kier alpha value is -1.36.